The summed E-state index contributed by atoms with van der Waals surface area (Å²) in [5.41, 5.74) is 9.10. The van der Waals surface area contributed by atoms with Gasteiger partial charge in [-0.15, -0.1) is 6.42 Å². The fourth-order valence-electron chi connectivity index (χ4n) is 3.88. The van der Waals surface area contributed by atoms with Crippen molar-refractivity contribution in [2.24, 2.45) is 5.73 Å². The number of pyridine rings is 2. The van der Waals surface area contributed by atoms with Crippen LogP contribution in [0.2, 0.25) is 5.15 Å². The van der Waals surface area contributed by atoms with Crippen molar-refractivity contribution in [3.05, 3.63) is 74.1 Å². The van der Waals surface area contributed by atoms with Crippen molar-refractivity contribution < 1.29 is 28.5 Å². The number of fused-ring (bicyclic) bond motifs is 2. The summed E-state index contributed by atoms with van der Waals surface area (Å²) >= 11 is 19.6. The van der Waals surface area contributed by atoms with Gasteiger partial charge in [-0.2, -0.15) is 0 Å². The first-order valence-electron chi connectivity index (χ1n) is 12.8. The highest BCUT2D eigenvalue weighted by Gasteiger charge is 2.18. The minimum absolute atomic E-state index is 0.122. The average Bonchev–Trinajstić information content (AvgIpc) is 2.93. The Kier molecular flexibility index (Phi) is 17.2. The van der Waals surface area contributed by atoms with Gasteiger partial charge in [-0.1, -0.05) is 11.6 Å². The summed E-state index contributed by atoms with van der Waals surface area (Å²) in [5, 5.41) is -2.75. The van der Waals surface area contributed by atoms with Gasteiger partial charge in [-0.3, -0.25) is 23.7 Å². The molecule has 3 N–H and O–H groups in total. The van der Waals surface area contributed by atoms with Gasteiger partial charge in [0, 0.05) is 53.8 Å². The smallest absolute Gasteiger partial charge is 0.383 e. The predicted molar refractivity (Wildman–Crippen MR) is 168 cm³/mol. The minimum atomic E-state index is -3.22. The van der Waals surface area contributed by atoms with Crippen LogP contribution in [0.15, 0.2) is 40.8 Å². The lowest BCUT2D eigenvalue weighted by Gasteiger charge is -2.12. The third kappa shape index (κ3) is 16.5. The molecule has 0 atom stereocenters. The maximum Gasteiger partial charge on any atom is 0.383 e. The van der Waals surface area contributed by atoms with Crippen molar-refractivity contribution in [2.45, 2.75) is 57.8 Å². The van der Waals surface area contributed by atoms with Gasteiger partial charge in [-0.05, 0) is 96.5 Å². The number of allylic oxidation sites excluding steroid dienone is 2. The fraction of sp³-hybridized carbons (Fsp3) is 0.357. The molecule has 232 valence electrons. The number of carbonyl (C=O) groups is 4. The topological polar surface area (TPSA) is 166 Å². The predicted octanol–water partition coefficient (Wildman–Crippen LogP) is 6.33. The molecular formula is C28H30Cl4N3O7P. The first-order valence-corrected chi connectivity index (χ1v) is 17.6. The molecule has 3 aliphatic carbocycles. The number of carbonyl (C=O) groups excluding carboxylic acids is 4. The first kappa shape index (κ1) is 38.1. The SMILES string of the molecule is C#CC(=O)OC.NC1=CC(=O)CCC1.O=C1CCCc2[nH]c(=O)ccc21.O=C1CCCc2nc(Cl)ccc21.O=P(Cl)(Cl)Cl. The molecule has 2 heterocycles. The molecule has 0 spiro atoms. The number of ether oxygens (including phenoxy) is 1. The lowest BCUT2D eigenvalue weighted by atomic mass is 9.95. The number of halogens is 4. The number of Topliss-reactive ketones (excluding diaryl/α,β-unsaturated/α-hetero) is 2. The molecule has 0 unspecified atom stereocenters. The highest BCUT2D eigenvalue weighted by atomic mass is 36.0. The monoisotopic (exact) mass is 691 g/mol. The zero-order valence-electron chi connectivity index (χ0n) is 23.2. The molecule has 2 aromatic rings. The van der Waals surface area contributed by atoms with E-state index in [1.54, 1.807) is 24.1 Å². The van der Waals surface area contributed by atoms with Crippen molar-refractivity contribution in [1.29, 1.82) is 0 Å². The number of nitrogens with two attached hydrogens (primary N) is 1. The van der Waals surface area contributed by atoms with Gasteiger partial charge >= 0.3 is 11.2 Å². The van der Waals surface area contributed by atoms with Gasteiger partial charge < -0.3 is 15.5 Å². The lowest BCUT2D eigenvalue weighted by Crippen LogP contribution is -2.17. The van der Waals surface area contributed by atoms with Crippen molar-refractivity contribution in [3.8, 4) is 12.3 Å². The van der Waals surface area contributed by atoms with Crippen molar-refractivity contribution >= 4 is 73.8 Å². The van der Waals surface area contributed by atoms with E-state index in [-0.39, 0.29) is 22.9 Å². The minimum Gasteiger partial charge on any atom is -0.459 e. The molecule has 2 aromatic heterocycles. The number of aromatic amines is 1. The van der Waals surface area contributed by atoms with E-state index in [4.69, 9.17) is 17.3 Å². The van der Waals surface area contributed by atoms with Crippen LogP contribution in [0.5, 0.6) is 0 Å². The van der Waals surface area contributed by atoms with Gasteiger partial charge in [-0.25, -0.2) is 9.78 Å². The molecule has 0 aromatic carbocycles. The number of H-pyrrole nitrogens is 1. The molecule has 0 saturated carbocycles. The van der Waals surface area contributed by atoms with Gasteiger partial charge in [0.25, 0.3) is 0 Å². The summed E-state index contributed by atoms with van der Waals surface area (Å²) in [5.74, 6) is 1.64. The number of hydrogen-bond donors (Lipinski definition) is 2. The second kappa shape index (κ2) is 19.4. The average molecular weight is 693 g/mol. The summed E-state index contributed by atoms with van der Waals surface area (Å²) in [7, 11) is 1.24. The Morgan fingerprint density at radius 2 is 1.49 bits per heavy atom. The van der Waals surface area contributed by atoms with Crippen LogP contribution >= 0.6 is 50.5 Å². The number of aromatic nitrogens is 2. The van der Waals surface area contributed by atoms with E-state index in [2.05, 4.69) is 54.9 Å². The number of methoxy groups -OCH3 is 1. The van der Waals surface area contributed by atoms with Crippen LogP contribution < -0.4 is 11.3 Å². The summed E-state index contributed by atoms with van der Waals surface area (Å²) in [4.78, 5) is 60.5. The van der Waals surface area contributed by atoms with E-state index in [9.17, 15) is 28.5 Å². The number of rotatable bonds is 0. The number of nitrogens with zero attached hydrogens (tertiary/aromatic N) is 1. The normalized spacial score (nSPS) is 14.9. The third-order valence-corrected chi connectivity index (χ3v) is 5.94. The summed E-state index contributed by atoms with van der Waals surface area (Å²) in [6.45, 7) is 0. The van der Waals surface area contributed by atoms with Crippen molar-refractivity contribution in [3.63, 3.8) is 0 Å². The number of ketones is 3. The van der Waals surface area contributed by atoms with E-state index < -0.39 is 11.2 Å². The molecule has 43 heavy (non-hydrogen) atoms. The lowest BCUT2D eigenvalue weighted by molar-refractivity contribution is -0.133. The maximum atomic E-state index is 11.3. The van der Waals surface area contributed by atoms with E-state index in [1.807, 2.05) is 0 Å². The molecule has 10 nitrogen and oxygen atoms in total. The second-order valence-corrected chi connectivity index (χ2v) is 16.0. The van der Waals surface area contributed by atoms with Crippen LogP contribution in [0.25, 0.3) is 0 Å². The summed E-state index contributed by atoms with van der Waals surface area (Å²) < 4.78 is 13.5. The number of nitrogens with one attached hydrogen (secondary N) is 1. The van der Waals surface area contributed by atoms with Crippen LogP contribution in [0.3, 0.4) is 0 Å². The number of hydrogen-bond acceptors (Lipinski definition) is 9. The Hall–Kier alpha value is -2.93. The van der Waals surface area contributed by atoms with E-state index in [0.717, 1.165) is 61.2 Å². The maximum absolute atomic E-state index is 11.3. The Morgan fingerprint density at radius 3 is 2.00 bits per heavy atom. The van der Waals surface area contributed by atoms with Crippen LogP contribution in [0.4, 0.5) is 0 Å². The van der Waals surface area contributed by atoms with Crippen LogP contribution in [0.1, 0.15) is 77.0 Å². The van der Waals surface area contributed by atoms with Crippen molar-refractivity contribution in [1.82, 2.24) is 9.97 Å². The fourth-order valence-corrected chi connectivity index (χ4v) is 4.05. The molecule has 0 fully saturated rings. The highest BCUT2D eigenvalue weighted by molar-refractivity contribution is 8.24. The summed E-state index contributed by atoms with van der Waals surface area (Å²) in [6, 6.07) is 6.47. The molecule has 15 heteroatoms. The first-order chi connectivity index (χ1) is 20.1. The van der Waals surface area contributed by atoms with Gasteiger partial charge in [0.1, 0.15) is 5.15 Å². The quantitative estimate of drug-likeness (QED) is 0.105. The van der Waals surface area contributed by atoms with Crippen molar-refractivity contribution in [2.75, 3.05) is 7.11 Å². The van der Waals surface area contributed by atoms with Crippen LogP contribution in [-0.4, -0.2) is 40.4 Å². The molecular weight excluding hydrogens is 663 g/mol. The molecule has 3 aliphatic rings. The second-order valence-electron chi connectivity index (χ2n) is 8.97. The number of terminal acetylenes is 1. The van der Waals surface area contributed by atoms with E-state index >= 15 is 0 Å². The van der Waals surface area contributed by atoms with Gasteiger partial charge in [0.2, 0.25) is 5.56 Å². The summed E-state index contributed by atoms with van der Waals surface area (Å²) in [6.07, 6.45) is 13.3. The Balaban J connectivity index is 0.000000281. The largest absolute Gasteiger partial charge is 0.459 e. The Labute approximate surface area is 268 Å². The zero-order valence-corrected chi connectivity index (χ0v) is 27.1. The number of esters is 1. The van der Waals surface area contributed by atoms with Gasteiger partial charge in [0.05, 0.1) is 12.8 Å². The Bertz CT molecular complexity index is 1490. The molecule has 5 rings (SSSR count). The van der Waals surface area contributed by atoms with Crippen LogP contribution in [0, 0.1) is 12.3 Å². The Morgan fingerprint density at radius 1 is 0.930 bits per heavy atom. The van der Waals surface area contributed by atoms with Crippen LogP contribution in [-0.2, 0) is 31.7 Å². The van der Waals surface area contributed by atoms with E-state index in [1.165, 1.54) is 19.3 Å². The highest BCUT2D eigenvalue weighted by Crippen LogP contribution is 2.61. The zero-order chi connectivity index (χ0) is 32.6. The molecule has 0 radical (unpaired) electrons. The molecule has 0 bridgehead atoms. The van der Waals surface area contributed by atoms with E-state index in [0.29, 0.717) is 30.0 Å². The third-order valence-electron chi connectivity index (χ3n) is 5.73. The molecule has 0 aliphatic heterocycles. The van der Waals surface area contributed by atoms with Gasteiger partial charge in [0.15, 0.2) is 17.3 Å². The molecule has 0 amide bonds. The molecule has 0 saturated heterocycles. The number of aryl methyl sites for hydroxylation is 2. The standard InChI is InChI=1S/C9H8ClNO.C9H9NO2.C6H9NO.C4H4O2.Cl3OP/c10-9-5-4-6-7(11-9)2-1-3-8(6)12;11-8-3-1-2-7-6(8)4-5-9(12)10-7;7-5-2-1-3-6(8)4-5;1-3-4(5)6-2;1-5(2,3)4/h4-5H,1-3H2;4-5H,1-3H2,(H,10,12);4H,1-3,7H2;1H,2H3;.